The largest absolute Gasteiger partial charge is 0.493 e. The van der Waals surface area contributed by atoms with Gasteiger partial charge < -0.3 is 14.8 Å². The molecule has 0 aliphatic rings. The van der Waals surface area contributed by atoms with Crippen LogP contribution in [0.3, 0.4) is 0 Å². The number of rotatable bonds is 8. The minimum absolute atomic E-state index is 0.00218. The van der Waals surface area contributed by atoms with Crippen LogP contribution >= 0.6 is 0 Å². The Hall–Kier alpha value is -2.94. The zero-order valence-electron chi connectivity index (χ0n) is 15.2. The van der Waals surface area contributed by atoms with Gasteiger partial charge in [0.05, 0.1) is 23.4 Å². The number of hydrogen-bond donors (Lipinski definition) is 1. The Morgan fingerprint density at radius 1 is 1.18 bits per heavy atom. The van der Waals surface area contributed by atoms with Crippen molar-refractivity contribution in [3.05, 3.63) is 54.1 Å². The number of sulfone groups is 1. The number of hydrogen-bond acceptors (Lipinski definition) is 5. The monoisotopic (exact) mass is 411 g/mol. The molecule has 0 aliphatic heterocycles. The van der Waals surface area contributed by atoms with Gasteiger partial charge in [-0.15, -0.1) is 0 Å². The van der Waals surface area contributed by atoms with E-state index in [-0.39, 0.29) is 33.4 Å². The molecule has 28 heavy (non-hydrogen) atoms. The van der Waals surface area contributed by atoms with Gasteiger partial charge in [0.2, 0.25) is 5.91 Å². The van der Waals surface area contributed by atoms with Crippen LogP contribution in [-0.4, -0.2) is 33.8 Å². The normalized spacial score (nSPS) is 11.6. The van der Waals surface area contributed by atoms with E-state index in [4.69, 9.17) is 4.74 Å². The highest BCUT2D eigenvalue weighted by molar-refractivity contribution is 7.91. The van der Waals surface area contributed by atoms with Crippen LogP contribution in [0.15, 0.2) is 53.4 Å². The zero-order chi connectivity index (χ0) is 20.7. The summed E-state index contributed by atoms with van der Waals surface area (Å²) in [5, 5.41) is 2.48. The summed E-state index contributed by atoms with van der Waals surface area (Å²) in [4.78, 5) is 12.2. The van der Waals surface area contributed by atoms with Gasteiger partial charge in [0.1, 0.15) is 0 Å². The van der Waals surface area contributed by atoms with E-state index < -0.39 is 22.4 Å². The Morgan fingerprint density at radius 3 is 2.54 bits per heavy atom. The highest BCUT2D eigenvalue weighted by Gasteiger charge is 2.17. The van der Waals surface area contributed by atoms with Crippen LogP contribution in [0.5, 0.6) is 11.5 Å². The number of nitrogens with one attached hydrogen (secondary N) is 1. The molecule has 0 atom stereocenters. The quantitative estimate of drug-likeness (QED) is 0.669. The van der Waals surface area contributed by atoms with Gasteiger partial charge in [-0.25, -0.2) is 8.42 Å². The molecule has 1 N–H and O–H groups in total. The summed E-state index contributed by atoms with van der Waals surface area (Å²) in [6, 6.07) is 10.5. The van der Waals surface area contributed by atoms with Gasteiger partial charge in [-0.3, -0.25) is 4.79 Å². The molecule has 0 saturated heterocycles. The first-order valence-corrected chi connectivity index (χ1v) is 9.86. The second-order valence-electron chi connectivity index (χ2n) is 5.48. The van der Waals surface area contributed by atoms with Crippen LogP contribution < -0.4 is 14.8 Å². The molecule has 0 heterocycles. The molecule has 2 aromatic rings. The molecule has 0 aliphatic carbocycles. The SMILES string of the molecule is CCS(=O)(=O)c1ccccc1NC(=O)/C=C/c1cccc(OC)c1OC(F)F. The van der Waals surface area contributed by atoms with E-state index in [1.807, 2.05) is 0 Å². The smallest absolute Gasteiger partial charge is 0.387 e. The van der Waals surface area contributed by atoms with Gasteiger partial charge in [0.15, 0.2) is 21.3 Å². The van der Waals surface area contributed by atoms with E-state index in [9.17, 15) is 22.0 Å². The van der Waals surface area contributed by atoms with E-state index >= 15 is 0 Å². The summed E-state index contributed by atoms with van der Waals surface area (Å²) in [6.45, 7) is -1.57. The van der Waals surface area contributed by atoms with Gasteiger partial charge in [0, 0.05) is 11.6 Å². The average molecular weight is 411 g/mol. The number of amides is 1. The number of carbonyl (C=O) groups is 1. The van der Waals surface area contributed by atoms with Gasteiger partial charge in [-0.1, -0.05) is 31.2 Å². The molecule has 0 radical (unpaired) electrons. The standard InChI is InChI=1S/C19H19F2NO5S/c1-3-28(24,25)16-10-5-4-8-14(16)22-17(23)12-11-13-7-6-9-15(26-2)18(13)27-19(20)21/h4-12,19H,3H2,1-2H3,(H,22,23)/b12-11+. The molecule has 9 heteroatoms. The average Bonchev–Trinajstić information content (AvgIpc) is 2.67. The fourth-order valence-corrected chi connectivity index (χ4v) is 3.43. The van der Waals surface area contributed by atoms with Crippen LogP contribution in [-0.2, 0) is 14.6 Å². The van der Waals surface area contributed by atoms with E-state index in [0.717, 1.165) is 6.08 Å². The van der Waals surface area contributed by atoms with Crippen LogP contribution in [0.25, 0.3) is 6.08 Å². The van der Waals surface area contributed by atoms with Crippen molar-refractivity contribution in [3.8, 4) is 11.5 Å². The van der Waals surface area contributed by atoms with Crippen molar-refractivity contribution in [3.63, 3.8) is 0 Å². The fraction of sp³-hybridized carbons (Fsp3) is 0.211. The van der Waals surface area contributed by atoms with Crippen molar-refractivity contribution in [1.29, 1.82) is 0 Å². The molecule has 0 spiro atoms. The van der Waals surface area contributed by atoms with Crippen molar-refractivity contribution in [2.45, 2.75) is 18.4 Å². The molecular weight excluding hydrogens is 392 g/mol. The highest BCUT2D eigenvalue weighted by Crippen LogP contribution is 2.33. The van der Waals surface area contributed by atoms with Crippen LogP contribution in [0, 0.1) is 0 Å². The minimum Gasteiger partial charge on any atom is -0.493 e. The van der Waals surface area contributed by atoms with Crippen LogP contribution in [0.2, 0.25) is 0 Å². The number of methoxy groups -OCH3 is 1. The Bertz CT molecular complexity index is 974. The number of alkyl halides is 2. The predicted molar refractivity (Wildman–Crippen MR) is 101 cm³/mol. The molecule has 0 aromatic heterocycles. The number of carbonyl (C=O) groups excluding carboxylic acids is 1. The maximum Gasteiger partial charge on any atom is 0.387 e. The van der Waals surface area contributed by atoms with Crippen molar-refractivity contribution < 1.29 is 31.5 Å². The molecule has 0 bridgehead atoms. The Kier molecular flexibility index (Phi) is 7.11. The number of halogens is 2. The lowest BCUT2D eigenvalue weighted by Crippen LogP contribution is -2.13. The zero-order valence-corrected chi connectivity index (χ0v) is 16.0. The van der Waals surface area contributed by atoms with E-state index in [1.54, 1.807) is 18.2 Å². The van der Waals surface area contributed by atoms with E-state index in [0.29, 0.717) is 0 Å². The number of para-hydroxylation sites is 2. The predicted octanol–water partition coefficient (Wildman–Crippen LogP) is 3.74. The molecule has 1 amide bonds. The van der Waals surface area contributed by atoms with Crippen molar-refractivity contribution in [2.75, 3.05) is 18.2 Å². The number of ether oxygens (including phenoxy) is 2. The second-order valence-corrected chi connectivity index (χ2v) is 7.73. The van der Waals surface area contributed by atoms with E-state index in [1.165, 1.54) is 44.4 Å². The summed E-state index contributed by atoms with van der Waals surface area (Å²) in [6.07, 6.45) is 2.36. The first-order valence-electron chi connectivity index (χ1n) is 8.21. The maximum absolute atomic E-state index is 12.7. The lowest BCUT2D eigenvalue weighted by atomic mass is 10.1. The number of anilines is 1. The molecule has 0 saturated carbocycles. The Balaban J connectivity index is 2.27. The molecule has 0 unspecified atom stereocenters. The minimum atomic E-state index is -3.53. The fourth-order valence-electron chi connectivity index (χ4n) is 2.38. The van der Waals surface area contributed by atoms with Gasteiger partial charge in [0.25, 0.3) is 0 Å². The third kappa shape index (κ3) is 5.29. The summed E-state index contributed by atoms with van der Waals surface area (Å²) < 4.78 is 59.0. The molecule has 2 rings (SSSR count). The molecule has 0 fully saturated rings. The van der Waals surface area contributed by atoms with Crippen molar-refractivity contribution >= 4 is 27.5 Å². The Labute approximate surface area is 161 Å². The summed E-state index contributed by atoms with van der Waals surface area (Å²) >= 11 is 0. The summed E-state index contributed by atoms with van der Waals surface area (Å²) in [7, 11) is -2.22. The lowest BCUT2D eigenvalue weighted by Gasteiger charge is -2.12. The highest BCUT2D eigenvalue weighted by atomic mass is 32.2. The van der Waals surface area contributed by atoms with Gasteiger partial charge in [-0.05, 0) is 24.3 Å². The van der Waals surface area contributed by atoms with Gasteiger partial charge in [-0.2, -0.15) is 8.78 Å². The first kappa shape index (κ1) is 21.4. The van der Waals surface area contributed by atoms with Crippen LogP contribution in [0.1, 0.15) is 12.5 Å². The topological polar surface area (TPSA) is 81.7 Å². The third-order valence-electron chi connectivity index (χ3n) is 3.71. The van der Waals surface area contributed by atoms with E-state index in [2.05, 4.69) is 10.1 Å². The lowest BCUT2D eigenvalue weighted by molar-refractivity contribution is -0.111. The molecule has 2 aromatic carbocycles. The third-order valence-corrected chi connectivity index (χ3v) is 5.50. The summed E-state index contributed by atoms with van der Waals surface area (Å²) in [5.41, 5.74) is 0.331. The van der Waals surface area contributed by atoms with Gasteiger partial charge >= 0.3 is 6.61 Å². The molecular formula is C19H19F2NO5S. The second kappa shape index (κ2) is 9.32. The number of benzene rings is 2. The van der Waals surface area contributed by atoms with Crippen LogP contribution in [0.4, 0.5) is 14.5 Å². The van der Waals surface area contributed by atoms with Crippen molar-refractivity contribution in [1.82, 2.24) is 0 Å². The molecule has 150 valence electrons. The molecule has 6 nitrogen and oxygen atoms in total. The Morgan fingerprint density at radius 2 is 1.89 bits per heavy atom. The summed E-state index contributed by atoms with van der Waals surface area (Å²) in [5.74, 6) is -0.877. The van der Waals surface area contributed by atoms with Crippen molar-refractivity contribution in [2.24, 2.45) is 0 Å². The maximum atomic E-state index is 12.7. The first-order chi connectivity index (χ1) is 13.3.